The second kappa shape index (κ2) is 6.57. The van der Waals surface area contributed by atoms with Gasteiger partial charge in [-0.05, 0) is 31.7 Å². The lowest BCUT2D eigenvalue weighted by atomic mass is 9.94. The van der Waals surface area contributed by atoms with Gasteiger partial charge in [-0.2, -0.15) is 4.31 Å². The minimum absolute atomic E-state index is 0.0206. The van der Waals surface area contributed by atoms with Crippen molar-refractivity contribution in [3.05, 3.63) is 17.5 Å². The molecule has 0 saturated carbocycles. The van der Waals surface area contributed by atoms with Gasteiger partial charge in [0, 0.05) is 38.1 Å². The van der Waals surface area contributed by atoms with Crippen molar-refractivity contribution in [2.45, 2.75) is 36.6 Å². The number of ether oxygens (including phenoxy) is 1. The molecule has 0 amide bonds. The maximum absolute atomic E-state index is 12.7. The zero-order valence-corrected chi connectivity index (χ0v) is 14.8. The zero-order chi connectivity index (χ0) is 15.7. The highest BCUT2D eigenvalue weighted by molar-refractivity contribution is 7.91. The Hall–Kier alpha value is -0.470. The molecule has 22 heavy (non-hydrogen) atoms. The van der Waals surface area contributed by atoms with Crippen molar-refractivity contribution in [1.29, 1.82) is 0 Å². The summed E-state index contributed by atoms with van der Waals surface area (Å²) < 4.78 is 33.3. The van der Waals surface area contributed by atoms with Crippen LogP contribution >= 0.6 is 11.3 Å². The molecular weight excluding hydrogens is 320 g/mol. The molecule has 124 valence electrons. The molecular formula is C15H24N2O3S2. The van der Waals surface area contributed by atoms with E-state index in [9.17, 15) is 8.42 Å². The van der Waals surface area contributed by atoms with Crippen LogP contribution in [0.5, 0.6) is 0 Å². The highest BCUT2D eigenvalue weighted by atomic mass is 32.2. The number of hydrogen-bond acceptors (Lipinski definition) is 5. The molecule has 2 aliphatic rings. The molecule has 3 heterocycles. The summed E-state index contributed by atoms with van der Waals surface area (Å²) in [6.45, 7) is 8.12. The molecule has 2 aliphatic heterocycles. The summed E-state index contributed by atoms with van der Waals surface area (Å²) in [6, 6.07) is 3.98. The minimum Gasteiger partial charge on any atom is -0.375 e. The lowest BCUT2D eigenvalue weighted by Crippen LogP contribution is -2.49. The summed E-state index contributed by atoms with van der Waals surface area (Å²) in [5.74, 6) is 0.430. The normalized spacial score (nSPS) is 28.5. The Morgan fingerprint density at radius 3 is 2.82 bits per heavy atom. The molecule has 0 radical (unpaired) electrons. The lowest BCUT2D eigenvalue weighted by Gasteiger charge is -2.37. The average Bonchev–Trinajstić information content (AvgIpc) is 2.94. The van der Waals surface area contributed by atoms with Gasteiger partial charge in [0.05, 0.1) is 12.7 Å². The van der Waals surface area contributed by atoms with E-state index in [1.807, 2.05) is 5.38 Å². The van der Waals surface area contributed by atoms with Crippen molar-refractivity contribution < 1.29 is 13.2 Å². The molecule has 0 N–H and O–H groups in total. The van der Waals surface area contributed by atoms with Gasteiger partial charge in [-0.25, -0.2) is 8.42 Å². The molecule has 0 spiro atoms. The van der Waals surface area contributed by atoms with Gasteiger partial charge in [-0.15, -0.1) is 11.3 Å². The number of sulfonamides is 1. The maximum Gasteiger partial charge on any atom is 0.252 e. The predicted octanol–water partition coefficient (Wildman–Crippen LogP) is 1.87. The lowest BCUT2D eigenvalue weighted by molar-refractivity contribution is -0.00189. The maximum atomic E-state index is 12.7. The molecule has 0 unspecified atom stereocenters. The largest absolute Gasteiger partial charge is 0.375 e. The van der Waals surface area contributed by atoms with Gasteiger partial charge in [0.15, 0.2) is 0 Å². The van der Waals surface area contributed by atoms with Crippen LogP contribution in [0.25, 0.3) is 0 Å². The molecule has 1 aromatic heterocycles. The summed E-state index contributed by atoms with van der Waals surface area (Å²) in [7, 11) is -3.35. The summed E-state index contributed by atoms with van der Waals surface area (Å²) in [5.41, 5.74) is 0. The fourth-order valence-electron chi connectivity index (χ4n) is 3.27. The minimum atomic E-state index is -3.35. The number of piperidine rings is 1. The van der Waals surface area contributed by atoms with Crippen LogP contribution in [0.3, 0.4) is 0 Å². The van der Waals surface area contributed by atoms with Crippen molar-refractivity contribution in [2.24, 2.45) is 5.92 Å². The van der Waals surface area contributed by atoms with Gasteiger partial charge < -0.3 is 4.74 Å². The van der Waals surface area contributed by atoms with Crippen LogP contribution < -0.4 is 0 Å². The van der Waals surface area contributed by atoms with Crippen LogP contribution in [-0.2, 0) is 14.8 Å². The highest BCUT2D eigenvalue weighted by Gasteiger charge is 2.38. The molecule has 2 fully saturated rings. The first-order valence-corrected chi connectivity index (χ1v) is 10.2. The monoisotopic (exact) mass is 344 g/mol. The molecule has 2 saturated heterocycles. The van der Waals surface area contributed by atoms with Crippen LogP contribution in [-0.4, -0.2) is 62.6 Å². The van der Waals surface area contributed by atoms with E-state index < -0.39 is 10.0 Å². The first kappa shape index (κ1) is 16.4. The fraction of sp³-hybridized carbons (Fsp3) is 0.733. The third-order valence-corrected chi connectivity index (χ3v) is 7.90. The highest BCUT2D eigenvalue weighted by Crippen LogP contribution is 2.29. The van der Waals surface area contributed by atoms with E-state index >= 15 is 0 Å². The van der Waals surface area contributed by atoms with Gasteiger partial charge in [0.25, 0.3) is 10.0 Å². The van der Waals surface area contributed by atoms with E-state index in [1.54, 1.807) is 16.4 Å². The van der Waals surface area contributed by atoms with Crippen LogP contribution in [0.15, 0.2) is 21.7 Å². The van der Waals surface area contributed by atoms with Crippen LogP contribution in [0.4, 0.5) is 0 Å². The fourth-order valence-corrected chi connectivity index (χ4v) is 5.88. The smallest absolute Gasteiger partial charge is 0.252 e. The first-order valence-electron chi connectivity index (χ1n) is 7.88. The Balaban J connectivity index is 1.72. The van der Waals surface area contributed by atoms with Gasteiger partial charge in [-0.3, -0.25) is 4.90 Å². The summed E-state index contributed by atoms with van der Waals surface area (Å²) in [6.07, 6.45) is 0.894. The third-order valence-electron chi connectivity index (χ3n) is 4.66. The number of rotatable bonds is 3. The van der Waals surface area contributed by atoms with E-state index in [0.29, 0.717) is 35.9 Å². The van der Waals surface area contributed by atoms with Crippen LogP contribution in [0.1, 0.15) is 20.3 Å². The predicted molar refractivity (Wildman–Crippen MR) is 87.6 cm³/mol. The third kappa shape index (κ3) is 3.23. The second-order valence-corrected chi connectivity index (χ2v) is 9.45. The van der Waals surface area contributed by atoms with Crippen molar-refractivity contribution in [1.82, 2.24) is 9.21 Å². The molecule has 3 rings (SSSR count). The quantitative estimate of drug-likeness (QED) is 0.840. The Morgan fingerprint density at radius 2 is 2.14 bits per heavy atom. The average molecular weight is 345 g/mol. The van der Waals surface area contributed by atoms with Crippen LogP contribution in [0, 0.1) is 5.92 Å². The van der Waals surface area contributed by atoms with Crippen molar-refractivity contribution >= 4 is 21.4 Å². The van der Waals surface area contributed by atoms with E-state index in [1.165, 1.54) is 11.3 Å². The van der Waals surface area contributed by atoms with Gasteiger partial charge in [0.1, 0.15) is 4.21 Å². The standard InChI is InChI=1S/C15H24N2O3S2/c1-12(2)16-7-8-20-14-11-17(6-5-13(14)10-16)22(18,19)15-4-3-9-21-15/h3-4,9,12-14H,5-8,10-11H2,1-2H3/t13-,14+/m1/s1. The van der Waals surface area contributed by atoms with E-state index in [0.717, 1.165) is 19.5 Å². The molecule has 7 heteroatoms. The Labute approximate surface area is 136 Å². The number of nitrogens with zero attached hydrogens (tertiary/aromatic N) is 2. The van der Waals surface area contributed by atoms with E-state index in [2.05, 4.69) is 18.7 Å². The van der Waals surface area contributed by atoms with Gasteiger partial charge in [0.2, 0.25) is 0 Å². The topological polar surface area (TPSA) is 49.9 Å². The SMILES string of the molecule is CC(C)N1CCO[C@H]2CN(S(=O)(=O)c3cccs3)CC[C@@H]2C1. The van der Waals surface area contributed by atoms with Crippen molar-refractivity contribution in [2.75, 3.05) is 32.8 Å². The molecule has 0 bridgehead atoms. The van der Waals surface area contributed by atoms with Crippen molar-refractivity contribution in [3.8, 4) is 0 Å². The molecule has 2 atom stereocenters. The summed E-state index contributed by atoms with van der Waals surface area (Å²) in [4.78, 5) is 2.44. The van der Waals surface area contributed by atoms with Crippen molar-refractivity contribution in [3.63, 3.8) is 0 Å². The van der Waals surface area contributed by atoms with E-state index in [-0.39, 0.29) is 6.10 Å². The van der Waals surface area contributed by atoms with Gasteiger partial charge in [-0.1, -0.05) is 6.07 Å². The number of thiophene rings is 1. The molecule has 5 nitrogen and oxygen atoms in total. The summed E-state index contributed by atoms with van der Waals surface area (Å²) >= 11 is 1.28. The first-order chi connectivity index (χ1) is 10.5. The number of hydrogen-bond donors (Lipinski definition) is 0. The Kier molecular flexibility index (Phi) is 4.89. The molecule has 1 aromatic rings. The number of fused-ring (bicyclic) bond motifs is 1. The zero-order valence-electron chi connectivity index (χ0n) is 13.1. The molecule has 0 aliphatic carbocycles. The molecule has 0 aromatic carbocycles. The van der Waals surface area contributed by atoms with Gasteiger partial charge >= 0.3 is 0 Å². The second-order valence-electron chi connectivity index (χ2n) is 6.34. The Morgan fingerprint density at radius 1 is 1.32 bits per heavy atom. The van der Waals surface area contributed by atoms with Crippen LogP contribution in [0.2, 0.25) is 0 Å². The summed E-state index contributed by atoms with van der Waals surface area (Å²) in [5, 5.41) is 1.81. The Bertz CT molecular complexity index is 586. The van der Waals surface area contributed by atoms with E-state index in [4.69, 9.17) is 4.74 Å².